The number of hydrogen-bond acceptors (Lipinski definition) is 5. The molecule has 12 heteroatoms. The number of aromatic nitrogens is 1. The molecule has 0 aliphatic carbocycles. The number of aliphatic hydroxyl groups excluding tert-OH is 1. The Morgan fingerprint density at radius 1 is 1.24 bits per heavy atom. The lowest BCUT2D eigenvalue weighted by molar-refractivity contribution is -0.141. The molecule has 0 spiro atoms. The van der Waals surface area contributed by atoms with Crippen LogP contribution in [0.5, 0.6) is 0 Å². The number of nitrogens with zero attached hydrogens (tertiary/aromatic N) is 1. The smallest absolute Gasteiger partial charge is 0.387 e. The number of hydrogen-bond donors (Lipinski definition) is 3. The van der Waals surface area contributed by atoms with Crippen LogP contribution in [0.4, 0.5) is 13.2 Å². The van der Waals surface area contributed by atoms with E-state index in [1.165, 1.54) is 12.1 Å². The van der Waals surface area contributed by atoms with E-state index in [1.54, 1.807) is 0 Å². The fourth-order valence-corrected chi connectivity index (χ4v) is 3.57. The van der Waals surface area contributed by atoms with Crippen molar-refractivity contribution in [3.05, 3.63) is 39.5 Å². The zero-order valence-electron chi connectivity index (χ0n) is 15.2. The summed E-state index contributed by atoms with van der Waals surface area (Å²) in [5, 5.41) is 14.5. The summed E-state index contributed by atoms with van der Waals surface area (Å²) in [7, 11) is -3.67. The Morgan fingerprint density at radius 3 is 2.38 bits per heavy atom. The first-order valence-electron chi connectivity index (χ1n) is 8.48. The largest absolute Gasteiger partial charge is 0.433 e. The maximum Gasteiger partial charge on any atom is 0.433 e. The lowest BCUT2D eigenvalue weighted by Gasteiger charge is -2.29. The van der Waals surface area contributed by atoms with E-state index in [0.717, 1.165) is 25.5 Å². The Labute approximate surface area is 175 Å². The molecule has 6 nitrogen and oxygen atoms in total. The number of pyridine rings is 1. The van der Waals surface area contributed by atoms with Crippen LogP contribution in [0.1, 0.15) is 36.6 Å². The lowest BCUT2D eigenvalue weighted by atomic mass is 9.92. The Hall–Kier alpha value is -1.17. The number of benzene rings is 1. The first-order valence-corrected chi connectivity index (χ1v) is 11.1. The van der Waals surface area contributed by atoms with Gasteiger partial charge >= 0.3 is 6.18 Å². The SMILES string of the molecule is CS(=O)(=O)O.O[C@@H](c1cc(C(F)(F)F)nc2c(Cl)cc(Cl)cc12)[C@H]1CCCCN1. The van der Waals surface area contributed by atoms with Crippen LogP contribution in [-0.4, -0.2) is 41.9 Å². The zero-order valence-corrected chi connectivity index (χ0v) is 17.5. The number of aliphatic hydroxyl groups is 1. The zero-order chi connectivity index (χ0) is 22.0. The molecule has 0 saturated carbocycles. The predicted octanol–water partition coefficient (Wildman–Crippen LogP) is 4.24. The van der Waals surface area contributed by atoms with Gasteiger partial charge in [-0.1, -0.05) is 29.6 Å². The lowest BCUT2D eigenvalue weighted by Crippen LogP contribution is -2.39. The number of piperidine rings is 1. The van der Waals surface area contributed by atoms with Gasteiger partial charge in [0.25, 0.3) is 10.1 Å². The average Bonchev–Trinajstić information content (AvgIpc) is 2.59. The maximum absolute atomic E-state index is 13.2. The molecule has 2 atom stereocenters. The van der Waals surface area contributed by atoms with Gasteiger partial charge in [0, 0.05) is 16.5 Å². The molecule has 1 fully saturated rings. The van der Waals surface area contributed by atoms with Gasteiger partial charge in [0.15, 0.2) is 0 Å². The van der Waals surface area contributed by atoms with Gasteiger partial charge in [-0.15, -0.1) is 0 Å². The molecule has 1 aromatic carbocycles. The first-order chi connectivity index (χ1) is 13.3. The quantitative estimate of drug-likeness (QED) is 0.562. The monoisotopic (exact) mass is 474 g/mol. The summed E-state index contributed by atoms with van der Waals surface area (Å²) < 4.78 is 65.4. The molecule has 3 N–H and O–H groups in total. The van der Waals surface area contributed by atoms with Crippen molar-refractivity contribution in [1.82, 2.24) is 10.3 Å². The third kappa shape index (κ3) is 6.94. The second-order valence-corrected chi connectivity index (χ2v) is 8.92. The van der Waals surface area contributed by atoms with E-state index < -0.39 is 28.1 Å². The molecule has 0 amide bonds. The molecule has 0 radical (unpaired) electrons. The Bertz CT molecular complexity index is 973. The van der Waals surface area contributed by atoms with Crippen LogP contribution >= 0.6 is 23.2 Å². The minimum absolute atomic E-state index is 0.0132. The van der Waals surface area contributed by atoms with Crippen molar-refractivity contribution in [1.29, 1.82) is 0 Å². The molecule has 1 aliphatic heterocycles. The van der Waals surface area contributed by atoms with E-state index in [2.05, 4.69) is 10.3 Å². The third-order valence-electron chi connectivity index (χ3n) is 4.20. The molecule has 1 aromatic heterocycles. The molecule has 2 aromatic rings. The molecular weight excluding hydrogens is 456 g/mol. The van der Waals surface area contributed by atoms with Gasteiger partial charge in [-0.2, -0.15) is 21.6 Å². The summed E-state index contributed by atoms with van der Waals surface area (Å²) in [6.45, 7) is 0.721. The Morgan fingerprint density at radius 2 is 1.86 bits per heavy atom. The predicted molar refractivity (Wildman–Crippen MR) is 105 cm³/mol. The van der Waals surface area contributed by atoms with E-state index in [-0.39, 0.29) is 27.2 Å². The fraction of sp³-hybridized carbons (Fsp3) is 0.471. The Balaban J connectivity index is 0.000000537. The van der Waals surface area contributed by atoms with Gasteiger partial charge in [0.2, 0.25) is 0 Å². The van der Waals surface area contributed by atoms with E-state index in [4.69, 9.17) is 27.8 Å². The normalized spacial score (nSPS) is 18.8. The summed E-state index contributed by atoms with van der Waals surface area (Å²) in [5.41, 5.74) is -0.957. The highest BCUT2D eigenvalue weighted by Gasteiger charge is 2.35. The molecular formula is C17H19Cl2F3N2O4S. The van der Waals surface area contributed by atoms with Crippen LogP contribution in [0.3, 0.4) is 0 Å². The fourth-order valence-electron chi connectivity index (χ4n) is 3.03. The molecule has 0 unspecified atom stereocenters. The summed E-state index contributed by atoms with van der Waals surface area (Å²) >= 11 is 12.0. The molecule has 1 aliphatic rings. The first kappa shape index (κ1) is 24.1. The highest BCUT2D eigenvalue weighted by molar-refractivity contribution is 7.85. The van der Waals surface area contributed by atoms with Gasteiger partial charge in [-0.05, 0) is 43.1 Å². The second kappa shape index (κ2) is 9.32. The van der Waals surface area contributed by atoms with Crippen LogP contribution in [0.25, 0.3) is 10.9 Å². The second-order valence-electron chi connectivity index (χ2n) is 6.61. The third-order valence-corrected chi connectivity index (χ3v) is 4.71. The van der Waals surface area contributed by atoms with Crippen molar-refractivity contribution >= 4 is 44.2 Å². The summed E-state index contributed by atoms with van der Waals surface area (Å²) in [4.78, 5) is 3.63. The van der Waals surface area contributed by atoms with Crippen molar-refractivity contribution in [2.75, 3.05) is 12.8 Å². The van der Waals surface area contributed by atoms with Crippen LogP contribution < -0.4 is 5.32 Å². The minimum atomic E-state index is -4.63. The van der Waals surface area contributed by atoms with Crippen LogP contribution in [0.15, 0.2) is 18.2 Å². The van der Waals surface area contributed by atoms with E-state index in [9.17, 15) is 26.7 Å². The molecule has 0 bridgehead atoms. The number of rotatable bonds is 2. The van der Waals surface area contributed by atoms with Gasteiger partial charge in [-0.25, -0.2) is 4.98 Å². The summed E-state index contributed by atoms with van der Waals surface area (Å²) in [6, 6.07) is 3.39. The van der Waals surface area contributed by atoms with Crippen molar-refractivity contribution < 1.29 is 31.2 Å². The van der Waals surface area contributed by atoms with Crippen molar-refractivity contribution in [2.45, 2.75) is 37.6 Å². The number of fused-ring (bicyclic) bond motifs is 1. The summed E-state index contributed by atoms with van der Waals surface area (Å²) in [5.74, 6) is 0. The number of alkyl halides is 3. The number of halogens is 5. The van der Waals surface area contributed by atoms with E-state index in [0.29, 0.717) is 18.1 Å². The molecule has 2 heterocycles. The van der Waals surface area contributed by atoms with E-state index in [1.807, 2.05) is 0 Å². The van der Waals surface area contributed by atoms with Gasteiger partial charge in [-0.3, -0.25) is 4.55 Å². The Kier molecular flexibility index (Phi) is 7.74. The van der Waals surface area contributed by atoms with Crippen molar-refractivity contribution in [3.63, 3.8) is 0 Å². The van der Waals surface area contributed by atoms with Crippen LogP contribution in [-0.2, 0) is 16.3 Å². The highest BCUT2D eigenvalue weighted by atomic mass is 35.5. The highest BCUT2D eigenvalue weighted by Crippen LogP contribution is 2.38. The van der Waals surface area contributed by atoms with Crippen LogP contribution in [0.2, 0.25) is 10.0 Å². The minimum Gasteiger partial charge on any atom is -0.387 e. The molecule has 3 rings (SSSR count). The summed E-state index contributed by atoms with van der Waals surface area (Å²) in [6.07, 6.45) is -2.46. The van der Waals surface area contributed by atoms with Gasteiger partial charge < -0.3 is 10.4 Å². The van der Waals surface area contributed by atoms with Crippen LogP contribution in [0, 0.1) is 0 Å². The maximum atomic E-state index is 13.2. The number of nitrogens with one attached hydrogen (secondary N) is 1. The van der Waals surface area contributed by atoms with Crippen molar-refractivity contribution in [2.24, 2.45) is 0 Å². The van der Waals surface area contributed by atoms with Gasteiger partial charge in [0.1, 0.15) is 5.69 Å². The molecule has 1 saturated heterocycles. The van der Waals surface area contributed by atoms with Gasteiger partial charge in [0.05, 0.1) is 22.9 Å². The average molecular weight is 475 g/mol. The molecule has 29 heavy (non-hydrogen) atoms. The standard InChI is InChI=1S/C16H15Cl2F3N2O.CH4O3S/c17-8-5-9-10(15(24)12-3-1-2-4-22-12)7-13(16(19,20)21)23-14(9)11(18)6-8;1-5(2,3)4/h5-7,12,15,22,24H,1-4H2;1H3,(H,2,3,4)/t12-,15+;/m1./s1. The topological polar surface area (TPSA) is 99.5 Å². The van der Waals surface area contributed by atoms with E-state index >= 15 is 0 Å². The molecule has 162 valence electrons. The van der Waals surface area contributed by atoms with Crippen molar-refractivity contribution in [3.8, 4) is 0 Å².